The highest BCUT2D eigenvalue weighted by Gasteiger charge is 2.15. The standard InChI is InChI=1S/C21H22N4/c1-25-18-9-5-3-7-16(18)19(23-14-10-12-22-13-11-14)20-21(25)15-6-2-4-8-17(15)24-20/h2-9,14,22,24H,10-13H2,1H3. The van der Waals surface area contributed by atoms with Crippen LogP contribution in [0.1, 0.15) is 12.8 Å². The van der Waals surface area contributed by atoms with E-state index in [0.717, 1.165) is 36.8 Å². The monoisotopic (exact) mass is 330 g/mol. The highest BCUT2D eigenvalue weighted by Crippen LogP contribution is 2.26. The first-order valence-corrected chi connectivity index (χ1v) is 9.05. The number of rotatable bonds is 1. The van der Waals surface area contributed by atoms with Crippen LogP contribution in [-0.2, 0) is 7.05 Å². The summed E-state index contributed by atoms with van der Waals surface area (Å²) in [6.45, 7) is 2.12. The van der Waals surface area contributed by atoms with Gasteiger partial charge in [0.2, 0.25) is 0 Å². The van der Waals surface area contributed by atoms with Crippen LogP contribution < -0.4 is 10.7 Å². The smallest absolute Gasteiger partial charge is 0.0927 e. The van der Waals surface area contributed by atoms with Gasteiger partial charge in [-0.1, -0.05) is 36.4 Å². The van der Waals surface area contributed by atoms with E-state index in [1.54, 1.807) is 0 Å². The molecule has 0 radical (unpaired) electrons. The highest BCUT2D eigenvalue weighted by molar-refractivity contribution is 6.08. The van der Waals surface area contributed by atoms with E-state index in [0.29, 0.717) is 6.04 Å². The van der Waals surface area contributed by atoms with Gasteiger partial charge in [-0.25, -0.2) is 0 Å². The molecule has 1 aliphatic rings. The van der Waals surface area contributed by atoms with Crippen molar-refractivity contribution >= 4 is 32.8 Å². The summed E-state index contributed by atoms with van der Waals surface area (Å²) in [4.78, 5) is 8.87. The molecule has 4 aromatic rings. The van der Waals surface area contributed by atoms with E-state index in [4.69, 9.17) is 4.99 Å². The van der Waals surface area contributed by atoms with Gasteiger partial charge in [-0.05, 0) is 38.1 Å². The topological polar surface area (TPSA) is 45.1 Å². The Bertz CT molecular complexity index is 1140. The summed E-state index contributed by atoms with van der Waals surface area (Å²) in [7, 11) is 2.15. The molecule has 4 heteroatoms. The molecule has 0 saturated carbocycles. The Kier molecular flexibility index (Phi) is 3.38. The van der Waals surface area contributed by atoms with Gasteiger partial charge in [0, 0.05) is 23.3 Å². The summed E-state index contributed by atoms with van der Waals surface area (Å²) >= 11 is 0. The van der Waals surface area contributed by atoms with E-state index >= 15 is 0 Å². The van der Waals surface area contributed by atoms with Crippen LogP contribution in [0.15, 0.2) is 53.5 Å². The van der Waals surface area contributed by atoms with Crippen LogP contribution in [0.4, 0.5) is 0 Å². The van der Waals surface area contributed by atoms with Gasteiger partial charge in [0.1, 0.15) is 0 Å². The summed E-state index contributed by atoms with van der Waals surface area (Å²) in [5, 5.41) is 7.03. The molecule has 2 aromatic heterocycles. The average molecular weight is 330 g/mol. The molecular formula is C21H22N4. The molecular weight excluding hydrogens is 308 g/mol. The zero-order chi connectivity index (χ0) is 16.8. The summed E-state index contributed by atoms with van der Waals surface area (Å²) < 4.78 is 2.30. The van der Waals surface area contributed by atoms with Crippen molar-refractivity contribution in [1.29, 1.82) is 0 Å². The number of H-pyrrole nitrogens is 1. The molecule has 1 fully saturated rings. The summed E-state index contributed by atoms with van der Waals surface area (Å²) in [5.41, 5.74) is 4.79. The van der Waals surface area contributed by atoms with Gasteiger partial charge in [0.15, 0.2) is 0 Å². The third-order valence-electron chi connectivity index (χ3n) is 5.39. The lowest BCUT2D eigenvalue weighted by Crippen LogP contribution is -2.31. The fourth-order valence-electron chi connectivity index (χ4n) is 4.12. The summed E-state index contributed by atoms with van der Waals surface area (Å²) in [6.07, 6.45) is 2.22. The predicted molar refractivity (Wildman–Crippen MR) is 104 cm³/mol. The normalized spacial score (nSPS) is 17.1. The second-order valence-corrected chi connectivity index (χ2v) is 6.93. The number of hydrogen-bond acceptors (Lipinski definition) is 2. The number of nitrogens with one attached hydrogen (secondary N) is 2. The maximum Gasteiger partial charge on any atom is 0.0927 e. The molecule has 0 spiro atoms. The molecule has 0 atom stereocenters. The molecule has 4 nitrogen and oxygen atoms in total. The van der Waals surface area contributed by atoms with Crippen molar-refractivity contribution in [2.75, 3.05) is 13.1 Å². The molecule has 0 amide bonds. The maximum absolute atomic E-state index is 5.23. The van der Waals surface area contributed by atoms with Gasteiger partial charge < -0.3 is 14.9 Å². The first-order valence-electron chi connectivity index (χ1n) is 9.05. The lowest BCUT2D eigenvalue weighted by atomic mass is 10.1. The molecule has 25 heavy (non-hydrogen) atoms. The third-order valence-corrected chi connectivity index (χ3v) is 5.39. The highest BCUT2D eigenvalue weighted by atomic mass is 15.0. The van der Waals surface area contributed by atoms with Crippen LogP contribution in [0.5, 0.6) is 0 Å². The second kappa shape index (κ2) is 5.74. The van der Waals surface area contributed by atoms with Crippen LogP contribution in [0, 0.1) is 0 Å². The Morgan fingerprint density at radius 3 is 2.52 bits per heavy atom. The number of aromatic nitrogens is 2. The van der Waals surface area contributed by atoms with Gasteiger partial charge in [-0.3, -0.25) is 4.99 Å². The van der Waals surface area contributed by atoms with Crippen molar-refractivity contribution in [3.63, 3.8) is 0 Å². The SMILES string of the molecule is Cn1c2ccccc2c(=NC2CCNCC2)c2[nH]c3ccccc3c21. The van der Waals surface area contributed by atoms with Crippen molar-refractivity contribution < 1.29 is 0 Å². The molecule has 2 aromatic carbocycles. The van der Waals surface area contributed by atoms with Crippen molar-refractivity contribution in [2.45, 2.75) is 18.9 Å². The molecule has 3 heterocycles. The molecule has 5 rings (SSSR count). The molecule has 0 unspecified atom stereocenters. The first-order chi connectivity index (χ1) is 12.3. The number of aromatic amines is 1. The lowest BCUT2D eigenvalue weighted by Gasteiger charge is -2.19. The number of piperidine rings is 1. The van der Waals surface area contributed by atoms with Crippen LogP contribution in [0.25, 0.3) is 32.8 Å². The number of aryl methyl sites for hydroxylation is 1. The Labute approximate surface area is 146 Å². The molecule has 2 N–H and O–H groups in total. The van der Waals surface area contributed by atoms with Crippen LogP contribution in [0.2, 0.25) is 0 Å². The van der Waals surface area contributed by atoms with E-state index in [1.807, 2.05) is 0 Å². The van der Waals surface area contributed by atoms with Crippen molar-refractivity contribution in [1.82, 2.24) is 14.9 Å². The van der Waals surface area contributed by atoms with Crippen LogP contribution >= 0.6 is 0 Å². The van der Waals surface area contributed by atoms with Crippen LogP contribution in [-0.4, -0.2) is 28.7 Å². The van der Waals surface area contributed by atoms with E-state index in [-0.39, 0.29) is 0 Å². The van der Waals surface area contributed by atoms with E-state index < -0.39 is 0 Å². The van der Waals surface area contributed by atoms with E-state index in [2.05, 4.69) is 70.4 Å². The van der Waals surface area contributed by atoms with Gasteiger partial charge in [0.05, 0.1) is 27.9 Å². The van der Waals surface area contributed by atoms with Gasteiger partial charge in [0.25, 0.3) is 0 Å². The van der Waals surface area contributed by atoms with Gasteiger partial charge in [-0.2, -0.15) is 0 Å². The number of benzene rings is 2. The Balaban J connectivity index is 1.95. The van der Waals surface area contributed by atoms with Crippen molar-refractivity contribution in [2.24, 2.45) is 12.0 Å². The number of nitrogens with zero attached hydrogens (tertiary/aromatic N) is 2. The number of fused-ring (bicyclic) bond motifs is 4. The number of hydrogen-bond donors (Lipinski definition) is 2. The second-order valence-electron chi connectivity index (χ2n) is 6.93. The minimum atomic E-state index is 0.395. The summed E-state index contributed by atoms with van der Waals surface area (Å²) in [6, 6.07) is 17.5. The minimum absolute atomic E-state index is 0.395. The van der Waals surface area contributed by atoms with E-state index in [1.165, 1.54) is 27.3 Å². The zero-order valence-corrected chi connectivity index (χ0v) is 14.4. The predicted octanol–water partition coefficient (Wildman–Crippen LogP) is 3.47. The Morgan fingerprint density at radius 2 is 1.68 bits per heavy atom. The van der Waals surface area contributed by atoms with Gasteiger partial charge >= 0.3 is 0 Å². The third kappa shape index (κ3) is 2.29. The molecule has 0 bridgehead atoms. The fourth-order valence-corrected chi connectivity index (χ4v) is 4.12. The molecule has 0 aliphatic carbocycles. The minimum Gasteiger partial charge on any atom is -0.351 e. The van der Waals surface area contributed by atoms with Crippen LogP contribution in [0.3, 0.4) is 0 Å². The van der Waals surface area contributed by atoms with Gasteiger partial charge in [-0.15, -0.1) is 0 Å². The summed E-state index contributed by atoms with van der Waals surface area (Å²) in [5.74, 6) is 0. The lowest BCUT2D eigenvalue weighted by molar-refractivity contribution is 0.454. The Morgan fingerprint density at radius 1 is 0.960 bits per heavy atom. The average Bonchev–Trinajstić information content (AvgIpc) is 3.06. The maximum atomic E-state index is 5.23. The van der Waals surface area contributed by atoms with E-state index in [9.17, 15) is 0 Å². The van der Waals surface area contributed by atoms with Crippen molar-refractivity contribution in [3.8, 4) is 0 Å². The number of para-hydroxylation sites is 2. The Hall–Kier alpha value is -2.59. The van der Waals surface area contributed by atoms with Crippen molar-refractivity contribution in [3.05, 3.63) is 53.9 Å². The largest absolute Gasteiger partial charge is 0.351 e. The number of pyridine rings is 1. The fraction of sp³-hybridized carbons (Fsp3) is 0.286. The molecule has 126 valence electrons. The molecule has 1 aliphatic heterocycles. The zero-order valence-electron chi connectivity index (χ0n) is 14.4. The first kappa shape index (κ1) is 14.7. The quantitative estimate of drug-likeness (QED) is 0.551. The molecule has 1 saturated heterocycles.